The highest BCUT2D eigenvalue weighted by molar-refractivity contribution is 7.92. The third-order valence-corrected chi connectivity index (χ3v) is 3.67. The molecule has 0 aliphatic heterocycles. The fraction of sp³-hybridized carbons (Fsp3) is 0.562. The molecular weight excluding hydrogens is 312 g/mol. The summed E-state index contributed by atoms with van der Waals surface area (Å²) in [6.45, 7) is 8.40. The normalized spacial score (nSPS) is 12.3. The van der Waals surface area contributed by atoms with Crippen LogP contribution < -0.4 is 15.4 Å². The second-order valence-electron chi connectivity index (χ2n) is 5.84. The molecule has 0 bridgehead atoms. The van der Waals surface area contributed by atoms with Crippen LogP contribution in [0.25, 0.3) is 0 Å². The Kier molecular flexibility index (Phi) is 7.88. The van der Waals surface area contributed by atoms with Crippen molar-refractivity contribution in [2.24, 2.45) is 10.9 Å². The minimum absolute atomic E-state index is 0.399. The van der Waals surface area contributed by atoms with Gasteiger partial charge >= 0.3 is 0 Å². The van der Waals surface area contributed by atoms with Crippen molar-refractivity contribution in [1.82, 2.24) is 10.6 Å². The van der Waals surface area contributed by atoms with Gasteiger partial charge in [-0.1, -0.05) is 32.0 Å². The summed E-state index contributed by atoms with van der Waals surface area (Å²) in [6, 6.07) is 7.28. The Morgan fingerprint density at radius 1 is 1.22 bits per heavy atom. The molecule has 7 heteroatoms. The van der Waals surface area contributed by atoms with E-state index in [1.807, 2.05) is 19.1 Å². The van der Waals surface area contributed by atoms with E-state index >= 15 is 0 Å². The van der Waals surface area contributed by atoms with Gasteiger partial charge in [0.1, 0.15) is 0 Å². The van der Waals surface area contributed by atoms with E-state index in [1.165, 1.54) is 0 Å². The average Bonchev–Trinajstić information content (AvgIpc) is 2.44. The molecule has 130 valence electrons. The lowest BCUT2D eigenvalue weighted by Gasteiger charge is -2.13. The van der Waals surface area contributed by atoms with Gasteiger partial charge in [-0.25, -0.2) is 13.4 Å². The van der Waals surface area contributed by atoms with Gasteiger partial charge in [-0.2, -0.15) is 0 Å². The smallest absolute Gasteiger partial charge is 0.229 e. The van der Waals surface area contributed by atoms with Crippen molar-refractivity contribution in [2.45, 2.75) is 33.7 Å². The lowest BCUT2D eigenvalue weighted by molar-refractivity contribution is 0.573. The molecule has 6 nitrogen and oxygen atoms in total. The largest absolute Gasteiger partial charge is 0.357 e. The van der Waals surface area contributed by atoms with Gasteiger partial charge in [-0.05, 0) is 30.9 Å². The fourth-order valence-corrected chi connectivity index (χ4v) is 2.54. The summed E-state index contributed by atoms with van der Waals surface area (Å²) in [5.74, 6) is 1.37. The third kappa shape index (κ3) is 8.44. The lowest BCUT2D eigenvalue weighted by atomic mass is 10.1. The third-order valence-electron chi connectivity index (χ3n) is 3.08. The Hall–Kier alpha value is -1.76. The van der Waals surface area contributed by atoms with E-state index in [-0.39, 0.29) is 0 Å². The minimum atomic E-state index is -3.30. The van der Waals surface area contributed by atoms with Crippen LogP contribution in [-0.2, 0) is 16.6 Å². The van der Waals surface area contributed by atoms with Crippen LogP contribution in [0.15, 0.2) is 29.3 Å². The number of hydrogen-bond acceptors (Lipinski definition) is 3. The Morgan fingerprint density at radius 3 is 2.52 bits per heavy atom. The molecule has 1 rings (SSSR count). The number of rotatable bonds is 8. The first-order valence-corrected chi connectivity index (χ1v) is 9.79. The van der Waals surface area contributed by atoms with E-state index in [0.29, 0.717) is 18.2 Å². The van der Waals surface area contributed by atoms with Gasteiger partial charge in [-0.3, -0.25) is 4.72 Å². The van der Waals surface area contributed by atoms with E-state index in [9.17, 15) is 8.42 Å². The molecule has 0 unspecified atom stereocenters. The minimum Gasteiger partial charge on any atom is -0.357 e. The molecule has 0 saturated carbocycles. The second-order valence-corrected chi connectivity index (χ2v) is 7.58. The number of hydrogen-bond donors (Lipinski definition) is 3. The van der Waals surface area contributed by atoms with Gasteiger partial charge in [0, 0.05) is 13.1 Å². The first-order valence-electron chi connectivity index (χ1n) is 7.89. The number of nitrogens with one attached hydrogen (secondary N) is 3. The molecule has 0 fully saturated rings. The highest BCUT2D eigenvalue weighted by Gasteiger charge is 2.07. The van der Waals surface area contributed by atoms with Gasteiger partial charge in [-0.15, -0.1) is 0 Å². The topological polar surface area (TPSA) is 82.6 Å². The quantitative estimate of drug-likeness (QED) is 0.500. The molecule has 23 heavy (non-hydrogen) atoms. The van der Waals surface area contributed by atoms with Gasteiger partial charge in [0.2, 0.25) is 10.0 Å². The summed E-state index contributed by atoms with van der Waals surface area (Å²) >= 11 is 0. The van der Waals surface area contributed by atoms with Crippen molar-refractivity contribution in [3.63, 3.8) is 0 Å². The highest BCUT2D eigenvalue weighted by Crippen LogP contribution is 2.17. The summed E-state index contributed by atoms with van der Waals surface area (Å²) in [6.07, 6.45) is 2.21. The standard InChI is InChI=1S/C16H28N4O2S/c1-5-17-16(18-11-10-13(2)3)19-12-14-8-6-7-9-15(14)20-23(4,21)22/h6-9,13,20H,5,10-12H2,1-4H3,(H2,17,18,19). The van der Waals surface area contributed by atoms with E-state index < -0.39 is 10.0 Å². The predicted molar refractivity (Wildman–Crippen MR) is 97.2 cm³/mol. The van der Waals surface area contributed by atoms with Crippen LogP contribution in [0.4, 0.5) is 5.69 Å². The Labute approximate surface area is 139 Å². The summed E-state index contributed by atoms with van der Waals surface area (Å²) in [5.41, 5.74) is 1.40. The summed E-state index contributed by atoms with van der Waals surface area (Å²) in [5, 5.41) is 6.48. The molecule has 1 aromatic carbocycles. The first kappa shape index (κ1) is 19.3. The number of anilines is 1. The molecule has 3 N–H and O–H groups in total. The van der Waals surface area contributed by atoms with Crippen molar-refractivity contribution < 1.29 is 8.42 Å². The Balaban J connectivity index is 2.78. The maximum atomic E-state index is 11.4. The number of aliphatic imine (C=N–C) groups is 1. The van der Waals surface area contributed by atoms with Crippen LogP contribution in [0.5, 0.6) is 0 Å². The molecule has 0 amide bonds. The number of benzene rings is 1. The molecule has 0 aromatic heterocycles. The van der Waals surface area contributed by atoms with E-state index in [1.54, 1.807) is 12.1 Å². The van der Waals surface area contributed by atoms with Crippen molar-refractivity contribution in [1.29, 1.82) is 0 Å². The number of sulfonamides is 1. The maximum Gasteiger partial charge on any atom is 0.229 e. The fourth-order valence-electron chi connectivity index (χ4n) is 1.94. The van der Waals surface area contributed by atoms with Gasteiger partial charge in [0.15, 0.2) is 5.96 Å². The van der Waals surface area contributed by atoms with Crippen LogP contribution in [0.2, 0.25) is 0 Å². The van der Waals surface area contributed by atoms with Crippen LogP contribution >= 0.6 is 0 Å². The summed E-state index contributed by atoms with van der Waals surface area (Å²) in [4.78, 5) is 4.53. The van der Waals surface area contributed by atoms with Crippen molar-refractivity contribution in [3.8, 4) is 0 Å². The number of para-hydroxylation sites is 1. The van der Waals surface area contributed by atoms with Crippen molar-refractivity contribution in [2.75, 3.05) is 24.1 Å². The molecule has 0 aliphatic carbocycles. The van der Waals surface area contributed by atoms with Crippen molar-refractivity contribution in [3.05, 3.63) is 29.8 Å². The molecule has 0 atom stereocenters. The zero-order valence-corrected chi connectivity index (χ0v) is 15.2. The second kappa shape index (κ2) is 9.39. The highest BCUT2D eigenvalue weighted by atomic mass is 32.2. The average molecular weight is 340 g/mol. The molecule has 1 aromatic rings. The van der Waals surface area contributed by atoms with E-state index in [0.717, 1.165) is 37.3 Å². The number of nitrogens with zero attached hydrogens (tertiary/aromatic N) is 1. The lowest BCUT2D eigenvalue weighted by Crippen LogP contribution is -2.38. The van der Waals surface area contributed by atoms with Crippen molar-refractivity contribution >= 4 is 21.7 Å². The SMILES string of the molecule is CCNC(=NCc1ccccc1NS(C)(=O)=O)NCCC(C)C. The molecule has 0 aliphatic rings. The van der Waals surface area contributed by atoms with Crippen LogP contribution in [0.3, 0.4) is 0 Å². The molecule has 0 saturated heterocycles. The Bertz CT molecular complexity index is 612. The summed E-state index contributed by atoms with van der Waals surface area (Å²) < 4.78 is 25.4. The Morgan fingerprint density at radius 2 is 1.91 bits per heavy atom. The van der Waals surface area contributed by atoms with Gasteiger partial charge in [0.25, 0.3) is 0 Å². The zero-order chi connectivity index (χ0) is 17.3. The van der Waals surface area contributed by atoms with E-state index in [2.05, 4.69) is 34.2 Å². The van der Waals surface area contributed by atoms with Crippen LogP contribution in [0.1, 0.15) is 32.8 Å². The van der Waals surface area contributed by atoms with Gasteiger partial charge in [0.05, 0.1) is 18.5 Å². The van der Waals surface area contributed by atoms with Crippen LogP contribution in [0, 0.1) is 5.92 Å². The first-order chi connectivity index (χ1) is 10.8. The van der Waals surface area contributed by atoms with Gasteiger partial charge < -0.3 is 10.6 Å². The zero-order valence-electron chi connectivity index (χ0n) is 14.4. The summed E-state index contributed by atoms with van der Waals surface area (Å²) in [7, 11) is -3.30. The maximum absolute atomic E-state index is 11.4. The molecular formula is C16H28N4O2S. The molecule has 0 spiro atoms. The van der Waals surface area contributed by atoms with Crippen LogP contribution in [-0.4, -0.2) is 33.7 Å². The van der Waals surface area contributed by atoms with E-state index in [4.69, 9.17) is 0 Å². The predicted octanol–water partition coefficient (Wildman–Crippen LogP) is 2.16. The molecule has 0 heterocycles. The monoisotopic (exact) mass is 340 g/mol. The number of guanidine groups is 1. The molecule has 0 radical (unpaired) electrons.